The average molecular weight is 409 g/mol. The molecule has 1 N–H and O–H groups in total. The van der Waals surface area contributed by atoms with E-state index in [1.54, 1.807) is 18.2 Å². The summed E-state index contributed by atoms with van der Waals surface area (Å²) < 4.78 is 5.09. The zero-order valence-electron chi connectivity index (χ0n) is 17.6. The quantitative estimate of drug-likeness (QED) is 0.678. The van der Waals surface area contributed by atoms with E-state index in [1.807, 2.05) is 37.3 Å². The van der Waals surface area contributed by atoms with Gasteiger partial charge in [-0.25, -0.2) is 9.69 Å². The van der Waals surface area contributed by atoms with Crippen LogP contribution in [0.1, 0.15) is 24.5 Å². The molecule has 1 unspecified atom stereocenters. The van der Waals surface area contributed by atoms with Crippen LogP contribution in [0.5, 0.6) is 0 Å². The molecule has 2 aromatic rings. The molecule has 0 aromatic heterocycles. The van der Waals surface area contributed by atoms with E-state index in [1.165, 1.54) is 17.6 Å². The molecule has 1 heterocycles. The molecule has 1 saturated heterocycles. The third-order valence-electron chi connectivity index (χ3n) is 5.14. The SMILES string of the molecule is CCc1ccc(NC(=O)CC2C(=O)N(c3cccc(C)c3)C(=O)N2CCOC)cc1. The van der Waals surface area contributed by atoms with Crippen LogP contribution in [0.25, 0.3) is 0 Å². The van der Waals surface area contributed by atoms with Crippen LogP contribution in [0, 0.1) is 6.92 Å². The van der Waals surface area contributed by atoms with Crippen LogP contribution in [0.4, 0.5) is 16.2 Å². The molecule has 7 nitrogen and oxygen atoms in total. The summed E-state index contributed by atoms with van der Waals surface area (Å²) in [5.74, 6) is -0.725. The fourth-order valence-corrected chi connectivity index (χ4v) is 3.49. The van der Waals surface area contributed by atoms with Gasteiger partial charge in [-0.1, -0.05) is 31.2 Å². The van der Waals surface area contributed by atoms with Gasteiger partial charge in [0.05, 0.1) is 18.7 Å². The molecule has 0 spiro atoms. The molecule has 1 aliphatic rings. The van der Waals surface area contributed by atoms with Gasteiger partial charge in [0.2, 0.25) is 5.91 Å². The molecule has 1 aliphatic heterocycles. The fraction of sp³-hybridized carbons (Fsp3) is 0.348. The smallest absolute Gasteiger partial charge is 0.332 e. The highest BCUT2D eigenvalue weighted by Crippen LogP contribution is 2.27. The van der Waals surface area contributed by atoms with E-state index in [0.29, 0.717) is 11.4 Å². The number of amides is 4. The van der Waals surface area contributed by atoms with Crippen molar-refractivity contribution in [2.24, 2.45) is 0 Å². The van der Waals surface area contributed by atoms with Crippen LogP contribution >= 0.6 is 0 Å². The third kappa shape index (κ3) is 4.68. The molecular weight excluding hydrogens is 382 g/mol. The van der Waals surface area contributed by atoms with Crippen molar-refractivity contribution in [1.82, 2.24) is 4.90 Å². The number of benzene rings is 2. The fourth-order valence-electron chi connectivity index (χ4n) is 3.49. The predicted molar refractivity (Wildman–Crippen MR) is 115 cm³/mol. The molecular formula is C23H27N3O4. The lowest BCUT2D eigenvalue weighted by Crippen LogP contribution is -2.39. The average Bonchev–Trinajstić information content (AvgIpc) is 2.96. The summed E-state index contributed by atoms with van der Waals surface area (Å²) in [6.45, 7) is 4.46. The van der Waals surface area contributed by atoms with Crippen molar-refractivity contribution in [1.29, 1.82) is 0 Å². The molecule has 0 bridgehead atoms. The van der Waals surface area contributed by atoms with Crippen LogP contribution in [0.2, 0.25) is 0 Å². The molecule has 1 fully saturated rings. The van der Waals surface area contributed by atoms with Crippen molar-refractivity contribution in [2.45, 2.75) is 32.7 Å². The first-order chi connectivity index (χ1) is 14.4. The van der Waals surface area contributed by atoms with E-state index in [-0.39, 0.29) is 25.5 Å². The minimum Gasteiger partial charge on any atom is -0.383 e. The van der Waals surface area contributed by atoms with Crippen LogP contribution in [0.15, 0.2) is 48.5 Å². The highest BCUT2D eigenvalue weighted by molar-refractivity contribution is 6.22. The number of hydrogen-bond acceptors (Lipinski definition) is 4. The Kier molecular flexibility index (Phi) is 6.84. The van der Waals surface area contributed by atoms with Gasteiger partial charge in [0.25, 0.3) is 5.91 Å². The maximum Gasteiger partial charge on any atom is 0.332 e. The number of ether oxygens (including phenoxy) is 1. The van der Waals surface area contributed by atoms with Gasteiger partial charge in [-0.05, 0) is 48.7 Å². The molecule has 158 valence electrons. The van der Waals surface area contributed by atoms with E-state index in [4.69, 9.17) is 4.74 Å². The number of carbonyl (C=O) groups is 3. The Balaban J connectivity index is 1.78. The molecule has 4 amide bonds. The van der Waals surface area contributed by atoms with Gasteiger partial charge in [-0.15, -0.1) is 0 Å². The second-order valence-corrected chi connectivity index (χ2v) is 7.30. The molecule has 1 atom stereocenters. The van der Waals surface area contributed by atoms with Crippen LogP contribution in [-0.4, -0.2) is 49.0 Å². The van der Waals surface area contributed by atoms with E-state index < -0.39 is 18.0 Å². The number of urea groups is 1. The van der Waals surface area contributed by atoms with Crippen molar-refractivity contribution >= 4 is 29.2 Å². The number of imide groups is 1. The van der Waals surface area contributed by atoms with E-state index in [9.17, 15) is 14.4 Å². The Bertz CT molecular complexity index is 926. The lowest BCUT2D eigenvalue weighted by Gasteiger charge is -2.21. The maximum absolute atomic E-state index is 13.1. The number of nitrogens with one attached hydrogen (secondary N) is 1. The highest BCUT2D eigenvalue weighted by atomic mass is 16.5. The molecule has 30 heavy (non-hydrogen) atoms. The van der Waals surface area contributed by atoms with Gasteiger partial charge in [-0.2, -0.15) is 0 Å². The van der Waals surface area contributed by atoms with E-state index in [0.717, 1.165) is 16.9 Å². The predicted octanol–water partition coefficient (Wildman–Crippen LogP) is 3.37. The number of anilines is 2. The van der Waals surface area contributed by atoms with Gasteiger partial charge in [0.1, 0.15) is 6.04 Å². The van der Waals surface area contributed by atoms with E-state index in [2.05, 4.69) is 12.2 Å². The van der Waals surface area contributed by atoms with Gasteiger partial charge in [-0.3, -0.25) is 9.59 Å². The summed E-state index contributed by atoms with van der Waals surface area (Å²) >= 11 is 0. The maximum atomic E-state index is 13.1. The van der Waals surface area contributed by atoms with Crippen molar-refractivity contribution in [2.75, 3.05) is 30.5 Å². The summed E-state index contributed by atoms with van der Waals surface area (Å²) in [4.78, 5) is 41.3. The third-order valence-corrected chi connectivity index (χ3v) is 5.14. The Morgan fingerprint density at radius 1 is 1.13 bits per heavy atom. The van der Waals surface area contributed by atoms with Gasteiger partial charge in [0, 0.05) is 19.3 Å². The topological polar surface area (TPSA) is 79.0 Å². The minimum atomic E-state index is -0.872. The normalized spacial score (nSPS) is 16.3. The van der Waals surface area contributed by atoms with E-state index >= 15 is 0 Å². The van der Waals surface area contributed by atoms with Crippen molar-refractivity contribution in [3.63, 3.8) is 0 Å². The first-order valence-corrected chi connectivity index (χ1v) is 10.0. The zero-order valence-corrected chi connectivity index (χ0v) is 17.6. The number of rotatable bonds is 8. The highest BCUT2D eigenvalue weighted by Gasteiger charge is 2.46. The standard InChI is InChI=1S/C23H27N3O4/c1-4-17-8-10-18(11-9-17)24-21(27)15-20-22(28)26(19-7-5-6-16(2)14-19)23(29)25(20)12-13-30-3/h5-11,14,20H,4,12-13,15H2,1-3H3,(H,24,27). The summed E-state index contributed by atoms with van der Waals surface area (Å²) in [6.07, 6.45) is 0.794. The van der Waals surface area contributed by atoms with Crippen molar-refractivity contribution in [3.8, 4) is 0 Å². The molecule has 0 saturated carbocycles. The van der Waals surface area contributed by atoms with Gasteiger partial charge < -0.3 is 15.0 Å². The number of aryl methyl sites for hydroxylation is 2. The minimum absolute atomic E-state index is 0.119. The van der Waals surface area contributed by atoms with Crippen molar-refractivity contribution in [3.05, 3.63) is 59.7 Å². The number of nitrogens with zero attached hydrogens (tertiary/aromatic N) is 2. The van der Waals surface area contributed by atoms with Gasteiger partial charge in [0.15, 0.2) is 0 Å². The summed E-state index contributed by atoms with van der Waals surface area (Å²) in [6, 6.07) is 13.4. The van der Waals surface area contributed by atoms with Crippen molar-refractivity contribution < 1.29 is 19.1 Å². The van der Waals surface area contributed by atoms with Crippen LogP contribution in [-0.2, 0) is 20.7 Å². The second kappa shape index (κ2) is 9.54. The first-order valence-electron chi connectivity index (χ1n) is 10.0. The number of carbonyl (C=O) groups excluding carboxylic acids is 3. The Morgan fingerprint density at radius 3 is 2.50 bits per heavy atom. The molecule has 0 radical (unpaired) electrons. The zero-order chi connectivity index (χ0) is 21.7. The molecule has 7 heteroatoms. The van der Waals surface area contributed by atoms with Gasteiger partial charge >= 0.3 is 6.03 Å². The second-order valence-electron chi connectivity index (χ2n) is 7.30. The molecule has 2 aromatic carbocycles. The lowest BCUT2D eigenvalue weighted by atomic mass is 10.1. The largest absolute Gasteiger partial charge is 0.383 e. The Labute approximate surface area is 176 Å². The van der Waals surface area contributed by atoms with Crippen LogP contribution < -0.4 is 10.2 Å². The number of methoxy groups -OCH3 is 1. The summed E-state index contributed by atoms with van der Waals surface area (Å²) in [5.41, 5.74) is 3.27. The first kappa shape index (κ1) is 21.5. The summed E-state index contributed by atoms with van der Waals surface area (Å²) in [5, 5.41) is 2.82. The molecule has 0 aliphatic carbocycles. The van der Waals surface area contributed by atoms with Crippen LogP contribution in [0.3, 0.4) is 0 Å². The molecule has 3 rings (SSSR count). The summed E-state index contributed by atoms with van der Waals surface area (Å²) in [7, 11) is 1.53. The Hall–Kier alpha value is -3.19. The lowest BCUT2D eigenvalue weighted by molar-refractivity contribution is -0.124. The Morgan fingerprint density at radius 2 is 1.87 bits per heavy atom. The number of hydrogen-bond donors (Lipinski definition) is 1. The monoisotopic (exact) mass is 409 g/mol.